The molecule has 0 fully saturated rings. The molecule has 0 radical (unpaired) electrons. The first-order valence-corrected chi connectivity index (χ1v) is 10.9. The van der Waals surface area contributed by atoms with Crippen molar-refractivity contribution in [2.75, 3.05) is 13.2 Å². The highest BCUT2D eigenvalue weighted by Gasteiger charge is 2.18. The molecule has 0 saturated carbocycles. The highest BCUT2D eigenvalue weighted by molar-refractivity contribution is 7.91. The minimum absolute atomic E-state index is 0.129. The summed E-state index contributed by atoms with van der Waals surface area (Å²) in [6.07, 6.45) is 0. The van der Waals surface area contributed by atoms with Gasteiger partial charge in [-0.05, 0) is 61.0 Å². The lowest BCUT2D eigenvalue weighted by atomic mass is 10.2. The van der Waals surface area contributed by atoms with Gasteiger partial charge in [0.1, 0.15) is 18.1 Å². The highest BCUT2D eigenvalue weighted by Crippen LogP contribution is 2.25. The van der Waals surface area contributed by atoms with Crippen LogP contribution in [0.1, 0.15) is 12.5 Å². The second-order valence-electron chi connectivity index (χ2n) is 6.31. The van der Waals surface area contributed by atoms with Gasteiger partial charge in [0.05, 0.1) is 16.4 Å². The fraction of sp³-hybridized carbons (Fsp3) is 0.174. The van der Waals surface area contributed by atoms with Gasteiger partial charge in [-0.15, -0.1) is 0 Å². The van der Waals surface area contributed by atoms with Gasteiger partial charge in [0, 0.05) is 0 Å². The summed E-state index contributed by atoms with van der Waals surface area (Å²) in [6.45, 7) is 2.15. The van der Waals surface area contributed by atoms with Crippen LogP contribution in [0.15, 0.2) is 88.7 Å². The first kappa shape index (κ1) is 21.4. The van der Waals surface area contributed by atoms with E-state index in [-0.39, 0.29) is 23.0 Å². The second kappa shape index (κ2) is 9.93. The Balaban J connectivity index is 1.63. The third-order valence-corrected chi connectivity index (χ3v) is 5.96. The third kappa shape index (κ3) is 5.61. The molecule has 0 atom stereocenters. The fourth-order valence-electron chi connectivity index (χ4n) is 2.65. The van der Waals surface area contributed by atoms with Crippen molar-refractivity contribution in [2.24, 2.45) is 0 Å². The van der Waals surface area contributed by atoms with Gasteiger partial charge in [-0.25, -0.2) is 13.2 Å². The van der Waals surface area contributed by atoms with Gasteiger partial charge < -0.3 is 14.2 Å². The average molecular weight is 426 g/mol. The minimum Gasteiger partial charge on any atom is -0.489 e. The van der Waals surface area contributed by atoms with Crippen LogP contribution in [0, 0.1) is 0 Å². The van der Waals surface area contributed by atoms with E-state index in [4.69, 9.17) is 14.2 Å². The molecular weight excluding hydrogens is 404 g/mol. The molecule has 7 heteroatoms. The van der Waals surface area contributed by atoms with E-state index in [1.54, 1.807) is 19.1 Å². The molecule has 30 heavy (non-hydrogen) atoms. The second-order valence-corrected chi connectivity index (χ2v) is 8.26. The monoisotopic (exact) mass is 426 g/mol. The Labute approximate surface area is 175 Å². The zero-order chi connectivity index (χ0) is 21.4. The van der Waals surface area contributed by atoms with Crippen LogP contribution in [0.4, 0.5) is 0 Å². The van der Waals surface area contributed by atoms with Gasteiger partial charge in [0.2, 0.25) is 9.84 Å². The van der Waals surface area contributed by atoms with Gasteiger partial charge in [0.15, 0.2) is 6.61 Å². The van der Waals surface area contributed by atoms with Crippen molar-refractivity contribution in [1.29, 1.82) is 0 Å². The van der Waals surface area contributed by atoms with Crippen LogP contribution in [0.2, 0.25) is 0 Å². The van der Waals surface area contributed by atoms with Crippen molar-refractivity contribution < 1.29 is 27.4 Å². The molecule has 0 aliphatic heterocycles. The predicted octanol–water partition coefficient (Wildman–Crippen LogP) is 4.04. The summed E-state index contributed by atoms with van der Waals surface area (Å²) < 4.78 is 41.4. The summed E-state index contributed by atoms with van der Waals surface area (Å²) in [5.74, 6) is 0.482. The Kier molecular flexibility index (Phi) is 7.08. The molecular formula is C23H22O6S. The van der Waals surface area contributed by atoms with E-state index in [1.807, 2.05) is 30.3 Å². The molecule has 0 aromatic heterocycles. The summed E-state index contributed by atoms with van der Waals surface area (Å²) in [5, 5.41) is 0. The van der Waals surface area contributed by atoms with Crippen LogP contribution >= 0.6 is 0 Å². The molecule has 0 amide bonds. The van der Waals surface area contributed by atoms with Crippen LogP contribution in [-0.4, -0.2) is 27.6 Å². The van der Waals surface area contributed by atoms with Gasteiger partial charge >= 0.3 is 5.97 Å². The van der Waals surface area contributed by atoms with E-state index in [0.29, 0.717) is 18.1 Å². The Morgan fingerprint density at radius 1 is 0.767 bits per heavy atom. The molecule has 0 heterocycles. The van der Waals surface area contributed by atoms with Crippen molar-refractivity contribution in [3.8, 4) is 11.5 Å². The highest BCUT2D eigenvalue weighted by atomic mass is 32.2. The molecule has 0 unspecified atom stereocenters. The van der Waals surface area contributed by atoms with Crippen LogP contribution in [0.25, 0.3) is 0 Å². The lowest BCUT2D eigenvalue weighted by Crippen LogP contribution is -2.14. The maximum absolute atomic E-state index is 12.8. The number of carbonyl (C=O) groups excluding carboxylic acids is 1. The molecule has 0 saturated heterocycles. The molecule has 3 aromatic carbocycles. The maximum Gasteiger partial charge on any atom is 0.344 e. The molecule has 0 bridgehead atoms. The fourth-order valence-corrected chi connectivity index (χ4v) is 3.91. The molecule has 0 N–H and O–H groups in total. The Hall–Kier alpha value is -3.32. The quantitative estimate of drug-likeness (QED) is 0.481. The first-order chi connectivity index (χ1) is 14.5. The summed E-state index contributed by atoms with van der Waals surface area (Å²) in [5.41, 5.74) is 1.03. The number of sulfone groups is 1. The van der Waals surface area contributed by atoms with E-state index in [0.717, 1.165) is 5.56 Å². The average Bonchev–Trinajstić information content (AvgIpc) is 2.78. The van der Waals surface area contributed by atoms with E-state index in [1.165, 1.54) is 36.4 Å². The predicted molar refractivity (Wildman–Crippen MR) is 111 cm³/mol. The van der Waals surface area contributed by atoms with Gasteiger partial charge in [-0.3, -0.25) is 0 Å². The summed E-state index contributed by atoms with van der Waals surface area (Å²) >= 11 is 0. The summed E-state index contributed by atoms with van der Waals surface area (Å²) in [4.78, 5) is 11.6. The summed E-state index contributed by atoms with van der Waals surface area (Å²) in [6, 6.07) is 21.9. The standard InChI is InChI=1S/C23H22O6S/c1-2-27-23(24)17-29-20-10-14-22(15-11-20)30(25,26)21-12-8-19(9-13-21)28-16-18-6-4-3-5-7-18/h3-15H,2,16-17H2,1H3. The maximum atomic E-state index is 12.8. The first-order valence-electron chi connectivity index (χ1n) is 9.39. The number of hydrogen-bond donors (Lipinski definition) is 0. The number of esters is 1. The van der Waals surface area contributed by atoms with Crippen LogP contribution in [0.3, 0.4) is 0 Å². The Bertz CT molecular complexity index is 1060. The van der Waals surface area contributed by atoms with E-state index in [2.05, 4.69) is 0 Å². The van der Waals surface area contributed by atoms with Crippen LogP contribution in [0.5, 0.6) is 11.5 Å². The van der Waals surface area contributed by atoms with E-state index >= 15 is 0 Å². The SMILES string of the molecule is CCOC(=O)COc1ccc(S(=O)(=O)c2ccc(OCc3ccccc3)cc2)cc1. The minimum atomic E-state index is -3.68. The lowest BCUT2D eigenvalue weighted by molar-refractivity contribution is -0.145. The van der Waals surface area contributed by atoms with Crippen molar-refractivity contribution in [2.45, 2.75) is 23.3 Å². The number of carbonyl (C=O) groups is 1. The largest absolute Gasteiger partial charge is 0.489 e. The van der Waals surface area contributed by atoms with Gasteiger partial charge in [-0.1, -0.05) is 30.3 Å². The molecule has 3 rings (SSSR count). The number of ether oxygens (including phenoxy) is 3. The zero-order valence-corrected chi connectivity index (χ0v) is 17.3. The van der Waals surface area contributed by atoms with Crippen LogP contribution < -0.4 is 9.47 Å². The van der Waals surface area contributed by atoms with E-state index in [9.17, 15) is 13.2 Å². The van der Waals surface area contributed by atoms with Gasteiger partial charge in [0.25, 0.3) is 0 Å². The molecule has 0 spiro atoms. The number of rotatable bonds is 9. The summed E-state index contributed by atoms with van der Waals surface area (Å²) in [7, 11) is -3.68. The van der Waals surface area contributed by atoms with E-state index < -0.39 is 15.8 Å². The number of benzene rings is 3. The topological polar surface area (TPSA) is 78.9 Å². The lowest BCUT2D eigenvalue weighted by Gasteiger charge is -2.09. The Morgan fingerprint density at radius 2 is 1.30 bits per heavy atom. The Morgan fingerprint density at radius 3 is 1.83 bits per heavy atom. The number of hydrogen-bond acceptors (Lipinski definition) is 6. The molecule has 6 nitrogen and oxygen atoms in total. The zero-order valence-electron chi connectivity index (χ0n) is 16.5. The van der Waals surface area contributed by atoms with Crippen molar-refractivity contribution in [3.63, 3.8) is 0 Å². The molecule has 0 aliphatic carbocycles. The van der Waals surface area contributed by atoms with Crippen molar-refractivity contribution >= 4 is 15.8 Å². The van der Waals surface area contributed by atoms with Crippen molar-refractivity contribution in [1.82, 2.24) is 0 Å². The van der Waals surface area contributed by atoms with Crippen molar-refractivity contribution in [3.05, 3.63) is 84.4 Å². The molecule has 156 valence electrons. The third-order valence-electron chi connectivity index (χ3n) is 4.18. The molecule has 0 aliphatic rings. The smallest absolute Gasteiger partial charge is 0.344 e. The van der Waals surface area contributed by atoms with Gasteiger partial charge in [-0.2, -0.15) is 0 Å². The normalized spacial score (nSPS) is 11.0. The molecule has 3 aromatic rings. The van der Waals surface area contributed by atoms with Crippen LogP contribution in [-0.2, 0) is 26.0 Å².